The highest BCUT2D eigenvalue weighted by Gasteiger charge is 2.34. The molecule has 0 amide bonds. The van der Waals surface area contributed by atoms with E-state index in [0.717, 1.165) is 6.07 Å². The molecule has 0 fully saturated rings. The van der Waals surface area contributed by atoms with Gasteiger partial charge in [-0.1, -0.05) is 0 Å². The molecule has 1 aromatic heterocycles. The zero-order valence-corrected chi connectivity index (χ0v) is 11.3. The van der Waals surface area contributed by atoms with Crippen LogP contribution in [0, 0.1) is 0 Å². The predicted molar refractivity (Wildman–Crippen MR) is 71.9 cm³/mol. The number of pyridine rings is 1. The van der Waals surface area contributed by atoms with E-state index in [0.29, 0.717) is 24.6 Å². The molecule has 0 aliphatic carbocycles. The molecule has 0 saturated heterocycles. The summed E-state index contributed by atoms with van der Waals surface area (Å²) in [6.45, 7) is 2.98. The summed E-state index contributed by atoms with van der Waals surface area (Å²) in [7, 11) is 0. The van der Waals surface area contributed by atoms with Crippen molar-refractivity contribution in [3.63, 3.8) is 0 Å². The molecular formula is C14H13F3N2O2. The maximum Gasteiger partial charge on any atom is 0.417 e. The van der Waals surface area contributed by atoms with Gasteiger partial charge in [0, 0.05) is 18.0 Å². The molecule has 112 valence electrons. The van der Waals surface area contributed by atoms with Gasteiger partial charge >= 0.3 is 6.18 Å². The van der Waals surface area contributed by atoms with Crippen molar-refractivity contribution < 1.29 is 22.6 Å². The summed E-state index contributed by atoms with van der Waals surface area (Å²) in [6.07, 6.45) is -4.48. The molecule has 0 saturated carbocycles. The van der Waals surface area contributed by atoms with Crippen LogP contribution in [0.1, 0.15) is 12.5 Å². The number of alkyl halides is 3. The first-order chi connectivity index (χ1) is 9.99. The lowest BCUT2D eigenvalue weighted by Crippen LogP contribution is -2.18. The van der Waals surface area contributed by atoms with Crippen molar-refractivity contribution in [2.75, 3.05) is 25.1 Å². The summed E-state index contributed by atoms with van der Waals surface area (Å²) in [4.78, 5) is 4.13. The fourth-order valence-corrected chi connectivity index (χ4v) is 2.29. The molecule has 4 nitrogen and oxygen atoms in total. The summed E-state index contributed by atoms with van der Waals surface area (Å²) in [6, 6.07) is 3.86. The monoisotopic (exact) mass is 298 g/mol. The maximum absolute atomic E-state index is 13.2. The average Bonchev–Trinajstić information content (AvgIpc) is 2.43. The zero-order valence-electron chi connectivity index (χ0n) is 11.3. The molecule has 1 aromatic carbocycles. The molecular weight excluding hydrogens is 285 g/mol. The lowest BCUT2D eigenvalue weighted by molar-refractivity contribution is -0.136. The van der Waals surface area contributed by atoms with Crippen molar-refractivity contribution in [1.82, 2.24) is 4.98 Å². The van der Waals surface area contributed by atoms with Crippen molar-refractivity contribution in [2.24, 2.45) is 0 Å². The number of nitrogens with zero attached hydrogens (tertiary/aromatic N) is 1. The van der Waals surface area contributed by atoms with Crippen LogP contribution in [0.4, 0.5) is 18.9 Å². The number of nitrogens with one attached hydrogen (secondary N) is 1. The van der Waals surface area contributed by atoms with Crippen LogP contribution in [0.15, 0.2) is 18.2 Å². The number of hydrogen-bond donors (Lipinski definition) is 1. The lowest BCUT2D eigenvalue weighted by atomic mass is 10.1. The minimum atomic E-state index is -4.48. The van der Waals surface area contributed by atoms with Crippen molar-refractivity contribution >= 4 is 16.6 Å². The number of ether oxygens (including phenoxy) is 2. The molecule has 0 spiro atoms. The van der Waals surface area contributed by atoms with Gasteiger partial charge in [-0.05, 0) is 19.1 Å². The summed E-state index contributed by atoms with van der Waals surface area (Å²) in [5.74, 6) is 0.374. The van der Waals surface area contributed by atoms with E-state index < -0.39 is 11.7 Å². The van der Waals surface area contributed by atoms with Gasteiger partial charge in [0.25, 0.3) is 0 Å². The molecule has 0 atom stereocenters. The third kappa shape index (κ3) is 2.55. The van der Waals surface area contributed by atoms with Gasteiger partial charge in [0.05, 0.1) is 23.4 Å². The number of hydrogen-bond acceptors (Lipinski definition) is 4. The Morgan fingerprint density at radius 1 is 1.33 bits per heavy atom. The second-order valence-electron chi connectivity index (χ2n) is 4.58. The fourth-order valence-electron chi connectivity index (χ4n) is 2.29. The van der Waals surface area contributed by atoms with Crippen LogP contribution >= 0.6 is 0 Å². The number of rotatable bonds is 2. The number of halogens is 3. The predicted octanol–water partition coefficient (Wildman–Crippen LogP) is 3.46. The van der Waals surface area contributed by atoms with Crippen LogP contribution < -0.4 is 14.8 Å². The molecule has 2 heterocycles. The lowest BCUT2D eigenvalue weighted by Gasteiger charge is -2.21. The van der Waals surface area contributed by atoms with Gasteiger partial charge in [0.15, 0.2) is 0 Å². The van der Waals surface area contributed by atoms with Gasteiger partial charge in [-0.15, -0.1) is 0 Å². The Morgan fingerprint density at radius 2 is 2.14 bits per heavy atom. The van der Waals surface area contributed by atoms with Crippen molar-refractivity contribution in [1.29, 1.82) is 0 Å². The molecule has 0 unspecified atom stereocenters. The van der Waals surface area contributed by atoms with E-state index >= 15 is 0 Å². The van der Waals surface area contributed by atoms with Gasteiger partial charge in [-0.3, -0.25) is 0 Å². The number of aromatic nitrogens is 1. The van der Waals surface area contributed by atoms with E-state index in [2.05, 4.69) is 10.3 Å². The van der Waals surface area contributed by atoms with Crippen LogP contribution in [0.5, 0.6) is 11.6 Å². The fraction of sp³-hybridized carbons (Fsp3) is 0.357. The molecule has 1 aliphatic rings. The Kier molecular flexibility index (Phi) is 3.27. The van der Waals surface area contributed by atoms with E-state index in [1.165, 1.54) is 6.07 Å². The Balaban J connectivity index is 2.25. The van der Waals surface area contributed by atoms with E-state index in [1.807, 2.05) is 0 Å². The largest absolute Gasteiger partial charge is 0.490 e. The normalized spacial score (nSPS) is 14.3. The molecule has 0 bridgehead atoms. The van der Waals surface area contributed by atoms with Gasteiger partial charge in [-0.25, -0.2) is 4.98 Å². The number of anilines is 1. The quantitative estimate of drug-likeness (QED) is 0.922. The van der Waals surface area contributed by atoms with Crippen LogP contribution in [-0.4, -0.2) is 24.7 Å². The van der Waals surface area contributed by atoms with E-state index in [1.54, 1.807) is 13.0 Å². The average molecular weight is 298 g/mol. The number of fused-ring (bicyclic) bond motifs is 2. The van der Waals surface area contributed by atoms with E-state index in [4.69, 9.17) is 9.47 Å². The first-order valence-electron chi connectivity index (χ1n) is 6.54. The van der Waals surface area contributed by atoms with Crippen LogP contribution in [0.25, 0.3) is 10.9 Å². The molecule has 3 rings (SSSR count). The van der Waals surface area contributed by atoms with Gasteiger partial charge in [-0.2, -0.15) is 13.2 Å². The van der Waals surface area contributed by atoms with Crippen molar-refractivity contribution in [2.45, 2.75) is 13.1 Å². The second-order valence-corrected chi connectivity index (χ2v) is 4.58. The standard InChI is InChI=1S/C14H13F3N2O2/c1-2-20-13-6-9(14(15,16)17)8-5-12-11(7-10(8)19-13)18-3-4-21-12/h5-7,18H,2-4H2,1H3. The van der Waals surface area contributed by atoms with E-state index in [9.17, 15) is 13.2 Å². The molecule has 1 aliphatic heterocycles. The topological polar surface area (TPSA) is 43.4 Å². The Hall–Kier alpha value is -2.18. The highest BCUT2D eigenvalue weighted by Crippen LogP contribution is 2.40. The summed E-state index contributed by atoms with van der Waals surface area (Å²) >= 11 is 0. The summed E-state index contributed by atoms with van der Waals surface area (Å²) in [5, 5.41) is 3.09. The van der Waals surface area contributed by atoms with Crippen LogP contribution in [0.3, 0.4) is 0 Å². The Labute approximate surface area is 118 Å². The zero-order chi connectivity index (χ0) is 15.0. The first kappa shape index (κ1) is 13.8. The minimum Gasteiger partial charge on any atom is -0.490 e. The van der Waals surface area contributed by atoms with Crippen LogP contribution in [-0.2, 0) is 6.18 Å². The highest BCUT2D eigenvalue weighted by atomic mass is 19.4. The smallest absolute Gasteiger partial charge is 0.417 e. The molecule has 0 radical (unpaired) electrons. The second kappa shape index (κ2) is 4.98. The molecule has 1 N–H and O–H groups in total. The maximum atomic E-state index is 13.2. The van der Waals surface area contributed by atoms with Gasteiger partial charge in [0.2, 0.25) is 5.88 Å². The minimum absolute atomic E-state index is 0.00778. The Bertz CT molecular complexity index is 686. The Morgan fingerprint density at radius 3 is 2.86 bits per heavy atom. The van der Waals surface area contributed by atoms with Crippen LogP contribution in [0.2, 0.25) is 0 Å². The third-order valence-corrected chi connectivity index (χ3v) is 3.16. The van der Waals surface area contributed by atoms with Crippen molar-refractivity contribution in [3.8, 4) is 11.6 Å². The molecule has 21 heavy (non-hydrogen) atoms. The SMILES string of the molecule is CCOc1cc(C(F)(F)F)c2cc3c(cc2n1)NCCO3. The molecule has 7 heteroatoms. The van der Waals surface area contributed by atoms with E-state index in [-0.39, 0.29) is 23.4 Å². The summed E-state index contributed by atoms with van der Waals surface area (Å²) < 4.78 is 50.2. The summed E-state index contributed by atoms with van der Waals surface area (Å²) in [5.41, 5.74) is 0.0981. The highest BCUT2D eigenvalue weighted by molar-refractivity contribution is 5.89. The first-order valence-corrected chi connectivity index (χ1v) is 6.54. The third-order valence-electron chi connectivity index (χ3n) is 3.16. The number of benzene rings is 1. The van der Waals surface area contributed by atoms with Gasteiger partial charge < -0.3 is 14.8 Å². The van der Waals surface area contributed by atoms with Gasteiger partial charge in [0.1, 0.15) is 12.4 Å². The molecule has 2 aromatic rings. The van der Waals surface area contributed by atoms with Crippen molar-refractivity contribution in [3.05, 3.63) is 23.8 Å².